The zero-order chi connectivity index (χ0) is 11.7. The summed E-state index contributed by atoms with van der Waals surface area (Å²) in [7, 11) is 0. The van der Waals surface area contributed by atoms with Gasteiger partial charge in [0.15, 0.2) is 0 Å². The molecule has 0 amide bonds. The van der Waals surface area contributed by atoms with E-state index >= 15 is 0 Å². The maximum Gasteiger partial charge on any atom is 0.0700 e. The number of rotatable bonds is 2. The maximum atomic E-state index is 5.96. The molecule has 88 valence electrons. The lowest BCUT2D eigenvalue weighted by molar-refractivity contribution is 0.568. The van der Waals surface area contributed by atoms with Crippen molar-refractivity contribution in [2.45, 2.75) is 31.7 Å². The molecule has 0 spiro atoms. The highest BCUT2D eigenvalue weighted by Crippen LogP contribution is 2.23. The van der Waals surface area contributed by atoms with Crippen LogP contribution in [0.5, 0.6) is 0 Å². The molecule has 0 fully saturated rings. The summed E-state index contributed by atoms with van der Waals surface area (Å²) in [5.41, 5.74) is 11.1. The molecule has 0 radical (unpaired) electrons. The van der Waals surface area contributed by atoms with Crippen LogP contribution in [-0.4, -0.2) is 16.2 Å². The number of nitrogens with two attached hydrogens (primary N) is 1. The topological polar surface area (TPSA) is 54.7 Å². The lowest BCUT2D eigenvalue weighted by Crippen LogP contribution is -2.27. The highest BCUT2D eigenvalue weighted by molar-refractivity contribution is 5.32. The molecule has 1 unspecified atom stereocenters. The Kier molecular flexibility index (Phi) is 2.69. The first kappa shape index (κ1) is 10.5. The molecular formula is C14H17N3. The standard InChI is InChI=1S/C14H17N3/c15-11-6-7-12-13(16-17-14(12)9-11)8-10-4-2-1-3-5-10/h1-5,11H,6-9,15H2,(H,16,17). The van der Waals surface area contributed by atoms with Crippen molar-refractivity contribution >= 4 is 0 Å². The van der Waals surface area contributed by atoms with Crippen molar-refractivity contribution in [1.82, 2.24) is 10.2 Å². The monoisotopic (exact) mass is 227 g/mol. The van der Waals surface area contributed by atoms with Gasteiger partial charge in [-0.15, -0.1) is 0 Å². The van der Waals surface area contributed by atoms with Crippen molar-refractivity contribution in [3.8, 4) is 0 Å². The predicted octanol–water partition coefficient (Wildman–Crippen LogP) is 1.82. The summed E-state index contributed by atoms with van der Waals surface area (Å²) >= 11 is 0. The number of aromatic amines is 1. The van der Waals surface area contributed by atoms with Crippen LogP contribution in [0.3, 0.4) is 0 Å². The Balaban J connectivity index is 1.85. The van der Waals surface area contributed by atoms with Gasteiger partial charge < -0.3 is 5.73 Å². The minimum Gasteiger partial charge on any atom is -0.327 e. The molecule has 0 bridgehead atoms. The van der Waals surface area contributed by atoms with Crippen LogP contribution in [0.15, 0.2) is 30.3 Å². The van der Waals surface area contributed by atoms with Crippen molar-refractivity contribution in [1.29, 1.82) is 0 Å². The molecule has 0 saturated heterocycles. The largest absolute Gasteiger partial charge is 0.327 e. The van der Waals surface area contributed by atoms with Crippen molar-refractivity contribution in [3.63, 3.8) is 0 Å². The number of nitrogens with zero attached hydrogens (tertiary/aromatic N) is 1. The van der Waals surface area contributed by atoms with Crippen LogP contribution in [0.1, 0.15) is 28.9 Å². The van der Waals surface area contributed by atoms with Gasteiger partial charge in [0.2, 0.25) is 0 Å². The summed E-state index contributed by atoms with van der Waals surface area (Å²) in [4.78, 5) is 0. The minimum atomic E-state index is 0.299. The molecule has 3 heteroatoms. The van der Waals surface area contributed by atoms with Gasteiger partial charge in [0.05, 0.1) is 5.69 Å². The number of hydrogen-bond acceptors (Lipinski definition) is 2. The number of benzene rings is 1. The molecule has 1 heterocycles. The fraction of sp³-hybridized carbons (Fsp3) is 0.357. The molecule has 1 aliphatic rings. The SMILES string of the molecule is NC1CCc2c(Cc3ccccc3)n[nH]c2C1. The van der Waals surface area contributed by atoms with Crippen molar-refractivity contribution < 1.29 is 0 Å². The van der Waals surface area contributed by atoms with E-state index in [0.717, 1.165) is 25.7 Å². The van der Waals surface area contributed by atoms with Gasteiger partial charge in [-0.25, -0.2) is 0 Å². The minimum absolute atomic E-state index is 0.299. The Bertz CT molecular complexity index is 501. The second-order valence-corrected chi connectivity index (χ2v) is 4.79. The first-order valence-corrected chi connectivity index (χ1v) is 6.17. The fourth-order valence-corrected chi connectivity index (χ4v) is 2.54. The molecule has 17 heavy (non-hydrogen) atoms. The second kappa shape index (κ2) is 4.34. The van der Waals surface area contributed by atoms with Gasteiger partial charge >= 0.3 is 0 Å². The third kappa shape index (κ3) is 2.11. The van der Waals surface area contributed by atoms with Gasteiger partial charge in [-0.05, 0) is 24.0 Å². The number of H-pyrrole nitrogens is 1. The van der Waals surface area contributed by atoms with Gasteiger partial charge in [0.25, 0.3) is 0 Å². The molecule has 0 saturated carbocycles. The van der Waals surface area contributed by atoms with Crippen LogP contribution in [0, 0.1) is 0 Å². The summed E-state index contributed by atoms with van der Waals surface area (Å²) in [5.74, 6) is 0. The van der Waals surface area contributed by atoms with Gasteiger partial charge in [-0.1, -0.05) is 30.3 Å². The van der Waals surface area contributed by atoms with Gasteiger partial charge in [0, 0.05) is 24.6 Å². The van der Waals surface area contributed by atoms with E-state index in [4.69, 9.17) is 5.73 Å². The fourth-order valence-electron chi connectivity index (χ4n) is 2.54. The highest BCUT2D eigenvalue weighted by atomic mass is 15.1. The number of fused-ring (bicyclic) bond motifs is 1. The first-order chi connectivity index (χ1) is 8.33. The number of nitrogens with one attached hydrogen (secondary N) is 1. The van der Waals surface area contributed by atoms with E-state index in [2.05, 4.69) is 34.5 Å². The summed E-state index contributed by atoms with van der Waals surface area (Å²) in [5, 5.41) is 7.59. The van der Waals surface area contributed by atoms with Crippen LogP contribution in [0.2, 0.25) is 0 Å². The van der Waals surface area contributed by atoms with E-state index in [0.29, 0.717) is 6.04 Å². The van der Waals surface area contributed by atoms with Crippen LogP contribution in [0.25, 0.3) is 0 Å². The zero-order valence-electron chi connectivity index (χ0n) is 9.82. The summed E-state index contributed by atoms with van der Waals surface area (Å²) in [6.45, 7) is 0. The van der Waals surface area contributed by atoms with Crippen LogP contribution < -0.4 is 5.73 Å². The Morgan fingerprint density at radius 1 is 1.29 bits per heavy atom. The number of aromatic nitrogens is 2. The van der Waals surface area contributed by atoms with Gasteiger partial charge in [-0.2, -0.15) is 5.10 Å². The molecule has 0 aliphatic heterocycles. The summed E-state index contributed by atoms with van der Waals surface area (Å²) in [6, 6.07) is 10.8. The van der Waals surface area contributed by atoms with Crippen molar-refractivity contribution in [2.75, 3.05) is 0 Å². The molecule has 1 aliphatic carbocycles. The zero-order valence-corrected chi connectivity index (χ0v) is 9.82. The molecule has 1 aromatic heterocycles. The van der Waals surface area contributed by atoms with Crippen LogP contribution in [-0.2, 0) is 19.3 Å². The molecule has 3 rings (SSSR count). The van der Waals surface area contributed by atoms with E-state index < -0.39 is 0 Å². The van der Waals surface area contributed by atoms with Gasteiger partial charge in [-0.3, -0.25) is 5.10 Å². The maximum absolute atomic E-state index is 5.96. The molecule has 3 nitrogen and oxygen atoms in total. The quantitative estimate of drug-likeness (QED) is 0.822. The molecule has 1 atom stereocenters. The Morgan fingerprint density at radius 2 is 2.12 bits per heavy atom. The smallest absolute Gasteiger partial charge is 0.0700 e. The first-order valence-electron chi connectivity index (χ1n) is 6.17. The Hall–Kier alpha value is -1.61. The molecule has 2 aromatic rings. The Morgan fingerprint density at radius 3 is 2.94 bits per heavy atom. The van der Waals surface area contributed by atoms with E-state index in [1.165, 1.54) is 22.5 Å². The van der Waals surface area contributed by atoms with E-state index in [-0.39, 0.29) is 0 Å². The van der Waals surface area contributed by atoms with Crippen molar-refractivity contribution in [2.24, 2.45) is 5.73 Å². The summed E-state index contributed by atoms with van der Waals surface area (Å²) in [6.07, 6.45) is 4.00. The lowest BCUT2D eigenvalue weighted by Gasteiger charge is -2.17. The van der Waals surface area contributed by atoms with E-state index in [1.54, 1.807) is 0 Å². The second-order valence-electron chi connectivity index (χ2n) is 4.79. The molecular weight excluding hydrogens is 210 g/mol. The van der Waals surface area contributed by atoms with Crippen LogP contribution in [0.4, 0.5) is 0 Å². The lowest BCUT2D eigenvalue weighted by atomic mass is 9.91. The van der Waals surface area contributed by atoms with E-state index in [9.17, 15) is 0 Å². The molecule has 3 N–H and O–H groups in total. The predicted molar refractivity (Wildman–Crippen MR) is 67.8 cm³/mol. The Labute approximate surface area is 101 Å². The normalized spacial score (nSPS) is 19.0. The summed E-state index contributed by atoms with van der Waals surface area (Å²) < 4.78 is 0. The van der Waals surface area contributed by atoms with Crippen molar-refractivity contribution in [3.05, 3.63) is 52.8 Å². The van der Waals surface area contributed by atoms with E-state index in [1.807, 2.05) is 6.07 Å². The molecule has 1 aromatic carbocycles. The van der Waals surface area contributed by atoms with Gasteiger partial charge in [0.1, 0.15) is 0 Å². The average Bonchev–Trinajstić information content (AvgIpc) is 2.73. The van der Waals surface area contributed by atoms with Crippen LogP contribution >= 0.6 is 0 Å². The highest BCUT2D eigenvalue weighted by Gasteiger charge is 2.20. The third-order valence-electron chi connectivity index (χ3n) is 3.48. The average molecular weight is 227 g/mol. The number of hydrogen-bond donors (Lipinski definition) is 2. The third-order valence-corrected chi connectivity index (χ3v) is 3.48.